The van der Waals surface area contributed by atoms with Crippen molar-refractivity contribution in [2.75, 3.05) is 51.2 Å². The number of carbonyl (C=O) groups excluding carboxylic acids is 1. The van der Waals surface area contributed by atoms with Crippen molar-refractivity contribution in [3.05, 3.63) is 30.1 Å². The number of rotatable bonds is 7. The Hall–Kier alpha value is -1.66. The van der Waals surface area contributed by atoms with Gasteiger partial charge < -0.3 is 19.8 Å². The van der Waals surface area contributed by atoms with E-state index in [9.17, 15) is 14.3 Å². The van der Waals surface area contributed by atoms with Gasteiger partial charge >= 0.3 is 0 Å². The summed E-state index contributed by atoms with van der Waals surface area (Å²) in [6.07, 6.45) is 0.927. The highest BCUT2D eigenvalue weighted by Crippen LogP contribution is 2.17. The molecule has 1 aromatic carbocycles. The van der Waals surface area contributed by atoms with Gasteiger partial charge in [0.1, 0.15) is 5.82 Å². The molecule has 1 aliphatic heterocycles. The van der Waals surface area contributed by atoms with Crippen LogP contribution in [0.15, 0.2) is 24.3 Å². The highest BCUT2D eigenvalue weighted by atomic mass is 19.1. The molecule has 5 nitrogen and oxygen atoms in total. The Bertz CT molecular complexity index is 514. The molecule has 1 aromatic rings. The maximum absolute atomic E-state index is 13.0. The summed E-state index contributed by atoms with van der Waals surface area (Å²) in [7, 11) is 1.97. The van der Waals surface area contributed by atoms with Gasteiger partial charge in [-0.25, -0.2) is 4.39 Å². The van der Waals surface area contributed by atoms with Crippen molar-refractivity contribution in [2.24, 2.45) is 0 Å². The van der Waals surface area contributed by atoms with Crippen LogP contribution in [0.4, 0.5) is 10.1 Å². The van der Waals surface area contributed by atoms with Crippen LogP contribution in [-0.2, 0) is 4.79 Å². The van der Waals surface area contributed by atoms with Crippen molar-refractivity contribution < 1.29 is 14.3 Å². The summed E-state index contributed by atoms with van der Waals surface area (Å²) < 4.78 is 13.0. The minimum Gasteiger partial charge on any atom is -0.393 e. The first-order chi connectivity index (χ1) is 11.5. The fourth-order valence-electron chi connectivity index (χ4n) is 2.83. The molecule has 0 bridgehead atoms. The number of benzene rings is 1. The van der Waals surface area contributed by atoms with E-state index in [-0.39, 0.29) is 17.8 Å². The average molecular weight is 337 g/mol. The van der Waals surface area contributed by atoms with E-state index in [1.807, 2.05) is 11.9 Å². The maximum Gasteiger partial charge on any atom is 0.223 e. The fraction of sp³-hybridized carbons (Fsp3) is 0.611. The highest BCUT2D eigenvalue weighted by molar-refractivity contribution is 5.76. The van der Waals surface area contributed by atoms with Gasteiger partial charge in [0, 0.05) is 51.4 Å². The first kappa shape index (κ1) is 18.7. The highest BCUT2D eigenvalue weighted by Gasteiger charge is 2.21. The van der Waals surface area contributed by atoms with E-state index in [0.29, 0.717) is 26.1 Å². The number of aliphatic hydroxyl groups is 1. The normalized spacial score (nSPS) is 16.5. The SMILES string of the molecule is CC(O)CCN(C)CCC(=O)N1CCN(c2ccc(F)cc2)CC1. The first-order valence-corrected chi connectivity index (χ1v) is 8.60. The molecule has 6 heteroatoms. The molecule has 0 radical (unpaired) electrons. The van der Waals surface area contributed by atoms with Crippen LogP contribution in [0, 0.1) is 5.82 Å². The molecule has 0 spiro atoms. The van der Waals surface area contributed by atoms with Crippen LogP contribution in [0.5, 0.6) is 0 Å². The van der Waals surface area contributed by atoms with Crippen molar-refractivity contribution >= 4 is 11.6 Å². The zero-order valence-corrected chi connectivity index (χ0v) is 14.6. The third kappa shape index (κ3) is 5.76. The van der Waals surface area contributed by atoms with Crippen LogP contribution in [0.1, 0.15) is 19.8 Å². The molecule has 134 valence electrons. The Labute approximate surface area is 143 Å². The molecule has 1 heterocycles. The van der Waals surface area contributed by atoms with E-state index < -0.39 is 0 Å². The zero-order valence-electron chi connectivity index (χ0n) is 14.6. The first-order valence-electron chi connectivity index (χ1n) is 8.60. The van der Waals surface area contributed by atoms with Crippen LogP contribution in [0.3, 0.4) is 0 Å². The van der Waals surface area contributed by atoms with E-state index in [0.717, 1.165) is 31.7 Å². The van der Waals surface area contributed by atoms with Crippen molar-refractivity contribution in [3.63, 3.8) is 0 Å². The van der Waals surface area contributed by atoms with Crippen molar-refractivity contribution in [3.8, 4) is 0 Å². The summed E-state index contributed by atoms with van der Waals surface area (Å²) in [6, 6.07) is 6.50. The fourth-order valence-corrected chi connectivity index (χ4v) is 2.83. The molecule has 1 aliphatic rings. The Morgan fingerprint density at radius 1 is 1.21 bits per heavy atom. The molecular weight excluding hydrogens is 309 g/mol. The molecule has 1 atom stereocenters. The monoisotopic (exact) mass is 337 g/mol. The molecule has 1 amide bonds. The van der Waals surface area contributed by atoms with Crippen molar-refractivity contribution in [1.29, 1.82) is 0 Å². The number of hydrogen-bond donors (Lipinski definition) is 1. The lowest BCUT2D eigenvalue weighted by atomic mass is 10.2. The quantitative estimate of drug-likeness (QED) is 0.820. The maximum atomic E-state index is 13.0. The molecule has 1 N–H and O–H groups in total. The molecular formula is C18H28FN3O2. The summed E-state index contributed by atoms with van der Waals surface area (Å²) in [5, 5.41) is 9.29. The summed E-state index contributed by atoms with van der Waals surface area (Å²) in [5.41, 5.74) is 1.00. The van der Waals surface area contributed by atoms with E-state index >= 15 is 0 Å². The van der Waals surface area contributed by atoms with Gasteiger partial charge in [0.25, 0.3) is 0 Å². The predicted octanol–water partition coefficient (Wildman–Crippen LogP) is 1.57. The number of aliphatic hydroxyl groups excluding tert-OH is 1. The van der Waals surface area contributed by atoms with Crippen LogP contribution in [0.2, 0.25) is 0 Å². The minimum absolute atomic E-state index is 0.178. The van der Waals surface area contributed by atoms with Gasteiger partial charge in [0.2, 0.25) is 5.91 Å². The second-order valence-electron chi connectivity index (χ2n) is 6.54. The van der Waals surface area contributed by atoms with E-state index in [4.69, 9.17) is 0 Å². The van der Waals surface area contributed by atoms with Gasteiger partial charge in [0.05, 0.1) is 6.10 Å². The number of amides is 1. The van der Waals surface area contributed by atoms with E-state index in [1.165, 1.54) is 12.1 Å². The number of nitrogens with zero attached hydrogens (tertiary/aromatic N) is 3. The van der Waals surface area contributed by atoms with E-state index in [1.54, 1.807) is 19.1 Å². The molecule has 24 heavy (non-hydrogen) atoms. The van der Waals surface area contributed by atoms with Gasteiger partial charge in [-0.3, -0.25) is 4.79 Å². The lowest BCUT2D eigenvalue weighted by Gasteiger charge is -2.36. The lowest BCUT2D eigenvalue weighted by molar-refractivity contribution is -0.131. The smallest absolute Gasteiger partial charge is 0.223 e. The second kappa shape index (κ2) is 8.99. The van der Waals surface area contributed by atoms with Gasteiger partial charge in [-0.2, -0.15) is 0 Å². The summed E-state index contributed by atoms with van der Waals surface area (Å²) in [4.78, 5) is 18.5. The minimum atomic E-state index is -0.303. The van der Waals surface area contributed by atoms with Gasteiger partial charge in [-0.15, -0.1) is 0 Å². The summed E-state index contributed by atoms with van der Waals surface area (Å²) in [5.74, 6) is -0.0510. The zero-order chi connectivity index (χ0) is 17.5. The number of carbonyl (C=O) groups is 1. The van der Waals surface area contributed by atoms with Crippen LogP contribution < -0.4 is 4.90 Å². The number of hydrogen-bond acceptors (Lipinski definition) is 4. The Balaban J connectivity index is 1.71. The third-order valence-electron chi connectivity index (χ3n) is 4.46. The average Bonchev–Trinajstić information content (AvgIpc) is 2.58. The van der Waals surface area contributed by atoms with Crippen LogP contribution in [0.25, 0.3) is 0 Å². The van der Waals surface area contributed by atoms with Gasteiger partial charge in [-0.05, 0) is 44.7 Å². The number of anilines is 1. The molecule has 1 saturated heterocycles. The molecule has 2 rings (SSSR count). The number of piperazine rings is 1. The molecule has 1 unspecified atom stereocenters. The van der Waals surface area contributed by atoms with Crippen molar-refractivity contribution in [1.82, 2.24) is 9.80 Å². The molecule has 1 fully saturated rings. The lowest BCUT2D eigenvalue weighted by Crippen LogP contribution is -2.49. The van der Waals surface area contributed by atoms with Gasteiger partial charge in [-0.1, -0.05) is 0 Å². The predicted molar refractivity (Wildman–Crippen MR) is 93.6 cm³/mol. The van der Waals surface area contributed by atoms with Crippen LogP contribution >= 0.6 is 0 Å². The van der Waals surface area contributed by atoms with E-state index in [2.05, 4.69) is 9.80 Å². The Morgan fingerprint density at radius 3 is 2.42 bits per heavy atom. The Morgan fingerprint density at radius 2 is 1.83 bits per heavy atom. The number of halogens is 1. The van der Waals surface area contributed by atoms with Gasteiger partial charge in [0.15, 0.2) is 0 Å². The molecule has 0 aliphatic carbocycles. The largest absolute Gasteiger partial charge is 0.393 e. The summed E-state index contributed by atoms with van der Waals surface area (Å²) in [6.45, 7) is 6.23. The molecule has 0 aromatic heterocycles. The molecule has 0 saturated carbocycles. The van der Waals surface area contributed by atoms with Crippen molar-refractivity contribution in [2.45, 2.75) is 25.9 Å². The topological polar surface area (TPSA) is 47.0 Å². The summed E-state index contributed by atoms with van der Waals surface area (Å²) >= 11 is 0. The third-order valence-corrected chi connectivity index (χ3v) is 4.46. The standard InChI is InChI=1S/C18H28FN3O2/c1-15(23)7-9-20(2)10-8-18(24)22-13-11-21(12-14-22)17-5-3-16(19)4-6-17/h3-6,15,23H,7-14H2,1-2H3. The van der Waals surface area contributed by atoms with Crippen LogP contribution in [-0.4, -0.2) is 73.2 Å². The second-order valence-corrected chi connectivity index (χ2v) is 6.54. The Kier molecular flexibility index (Phi) is 6.99.